The summed E-state index contributed by atoms with van der Waals surface area (Å²) in [6, 6.07) is 8.71. The Balaban J connectivity index is 2.88. The summed E-state index contributed by atoms with van der Waals surface area (Å²) in [6.45, 7) is 0. The van der Waals surface area contributed by atoms with Crippen LogP contribution in [0.4, 0.5) is 0 Å². The average Bonchev–Trinajstić information content (AvgIpc) is 2.36. The molecule has 3 rings (SSSR count). The molecule has 1 aliphatic heterocycles. The number of benzene rings is 1. The lowest BCUT2D eigenvalue weighted by atomic mass is 10.1. The molecule has 1 aromatic rings. The van der Waals surface area contributed by atoms with Gasteiger partial charge in [-0.25, -0.2) is 0 Å². The maximum atomic E-state index is 12.1. The van der Waals surface area contributed by atoms with Gasteiger partial charge in [0.15, 0.2) is 5.43 Å². The molecular formula is C12H6O2S2. The molecule has 16 heavy (non-hydrogen) atoms. The summed E-state index contributed by atoms with van der Waals surface area (Å²) in [5, 5.41) is 3.41. The van der Waals surface area contributed by atoms with Crippen LogP contribution in [0.2, 0.25) is 0 Å². The summed E-state index contributed by atoms with van der Waals surface area (Å²) in [5.41, 5.74) is -0.0821. The second-order valence-corrected chi connectivity index (χ2v) is 5.55. The van der Waals surface area contributed by atoms with Crippen LogP contribution in [-0.4, -0.2) is 0 Å². The quantitative estimate of drug-likeness (QED) is 0.571. The highest BCUT2D eigenvalue weighted by molar-refractivity contribution is 7.67. The molecule has 2 aliphatic rings. The van der Waals surface area contributed by atoms with E-state index in [9.17, 15) is 9.59 Å². The van der Waals surface area contributed by atoms with E-state index >= 15 is 0 Å². The number of fused-ring (bicyclic) bond motifs is 1. The van der Waals surface area contributed by atoms with Crippen molar-refractivity contribution in [1.82, 2.24) is 0 Å². The summed E-state index contributed by atoms with van der Waals surface area (Å²) in [7, 11) is 2.83. The summed E-state index contributed by atoms with van der Waals surface area (Å²) >= 11 is 0. The molecule has 1 aromatic carbocycles. The first-order chi connectivity index (χ1) is 7.79. The maximum Gasteiger partial charge on any atom is 0.205 e. The number of rotatable bonds is 0. The highest BCUT2D eigenvalue weighted by Gasteiger charge is 2.06. The van der Waals surface area contributed by atoms with Crippen LogP contribution in [-0.2, 0) is 0 Å². The van der Waals surface area contributed by atoms with Crippen molar-refractivity contribution in [1.29, 1.82) is 0 Å². The van der Waals surface area contributed by atoms with Crippen LogP contribution in [0.15, 0.2) is 45.3 Å². The molecule has 0 amide bonds. The molecule has 0 spiro atoms. The smallest absolute Gasteiger partial charge is 0.205 e. The van der Waals surface area contributed by atoms with Gasteiger partial charge in [0.2, 0.25) is 5.43 Å². The molecule has 0 aromatic heterocycles. The highest BCUT2D eigenvalue weighted by Crippen LogP contribution is 2.10. The van der Waals surface area contributed by atoms with Crippen molar-refractivity contribution >= 4 is 31.5 Å². The van der Waals surface area contributed by atoms with E-state index in [-0.39, 0.29) is 10.9 Å². The molecule has 0 bridgehead atoms. The molecule has 0 saturated heterocycles. The van der Waals surface area contributed by atoms with Crippen molar-refractivity contribution in [2.45, 2.75) is 0 Å². The van der Waals surface area contributed by atoms with Crippen molar-refractivity contribution in [3.63, 3.8) is 0 Å². The third kappa shape index (κ3) is 1.24. The van der Waals surface area contributed by atoms with E-state index in [4.69, 9.17) is 0 Å². The molecule has 0 atom stereocenters. The third-order valence-corrected chi connectivity index (χ3v) is 4.57. The lowest BCUT2D eigenvalue weighted by Gasteiger charge is -1.95. The Bertz CT molecular complexity index is 774. The molecule has 0 saturated carbocycles. The Hall–Kier alpha value is -1.52. The van der Waals surface area contributed by atoms with Gasteiger partial charge in [0.25, 0.3) is 0 Å². The molecule has 0 fully saturated rings. The minimum atomic E-state index is -0.0470. The zero-order valence-electron chi connectivity index (χ0n) is 8.10. The fraction of sp³-hybridized carbons (Fsp3) is 0. The zero-order chi connectivity index (χ0) is 11.1. The van der Waals surface area contributed by atoms with Gasteiger partial charge in [-0.15, -0.1) is 0 Å². The Morgan fingerprint density at radius 2 is 1.56 bits per heavy atom. The summed E-state index contributed by atoms with van der Waals surface area (Å²) < 4.78 is 0.566. The predicted octanol–water partition coefficient (Wildman–Crippen LogP) is 2.41. The molecule has 2 nitrogen and oxygen atoms in total. The van der Waals surface area contributed by atoms with Crippen LogP contribution < -0.4 is 10.9 Å². The van der Waals surface area contributed by atoms with Crippen LogP contribution >= 0.6 is 20.7 Å². The average molecular weight is 246 g/mol. The van der Waals surface area contributed by atoms with Gasteiger partial charge in [-0.2, -0.15) is 0 Å². The largest absolute Gasteiger partial charge is 0.289 e. The summed E-state index contributed by atoms with van der Waals surface area (Å²) in [6.07, 6.45) is 0. The minimum Gasteiger partial charge on any atom is -0.289 e. The second-order valence-electron chi connectivity index (χ2n) is 3.43. The molecule has 1 aliphatic carbocycles. The standard InChI is InChI=1S/C12H6O2S2/c13-10-7-3-1-2-4-8(7)11(14)12-9(10)5-6-15-16-12/h1-6H. The summed E-state index contributed by atoms with van der Waals surface area (Å²) in [5.74, 6) is 0. The second kappa shape index (κ2) is 3.50. The van der Waals surface area contributed by atoms with Crippen molar-refractivity contribution in [2.24, 2.45) is 0 Å². The normalized spacial score (nSPS) is 11.0. The first-order valence-corrected chi connectivity index (χ1v) is 6.93. The monoisotopic (exact) mass is 246 g/mol. The first-order valence-electron chi connectivity index (χ1n) is 4.71. The SMILES string of the molecule is O=c1c2ccssc=2c(=O)c2ccccc12. The fourth-order valence-electron chi connectivity index (χ4n) is 1.78. The topological polar surface area (TPSA) is 34.1 Å². The van der Waals surface area contributed by atoms with Crippen LogP contribution in [0.3, 0.4) is 0 Å². The van der Waals surface area contributed by atoms with E-state index in [1.807, 2.05) is 5.38 Å². The molecule has 0 radical (unpaired) electrons. The van der Waals surface area contributed by atoms with Crippen LogP contribution in [0.5, 0.6) is 0 Å². The van der Waals surface area contributed by atoms with Crippen LogP contribution in [0.25, 0.3) is 10.8 Å². The molecule has 4 heteroatoms. The van der Waals surface area contributed by atoms with E-state index < -0.39 is 0 Å². The van der Waals surface area contributed by atoms with Gasteiger partial charge in [0, 0.05) is 21.4 Å². The van der Waals surface area contributed by atoms with E-state index in [0.717, 1.165) is 0 Å². The zero-order valence-corrected chi connectivity index (χ0v) is 9.73. The molecule has 0 unspecified atom stereocenters. The van der Waals surface area contributed by atoms with Crippen LogP contribution in [0.1, 0.15) is 0 Å². The lowest BCUT2D eigenvalue weighted by Crippen LogP contribution is -2.13. The minimum absolute atomic E-state index is 0.0351. The first kappa shape index (κ1) is 9.69. The fourth-order valence-corrected chi connectivity index (χ4v) is 3.68. The lowest BCUT2D eigenvalue weighted by molar-refractivity contribution is 1.49. The number of hydrogen-bond acceptors (Lipinski definition) is 4. The van der Waals surface area contributed by atoms with E-state index in [2.05, 4.69) is 0 Å². The van der Waals surface area contributed by atoms with Gasteiger partial charge in [-0.05, 0) is 6.07 Å². The van der Waals surface area contributed by atoms with Gasteiger partial charge in [-0.3, -0.25) is 9.59 Å². The van der Waals surface area contributed by atoms with Gasteiger partial charge >= 0.3 is 0 Å². The van der Waals surface area contributed by atoms with E-state index in [1.54, 1.807) is 30.3 Å². The van der Waals surface area contributed by atoms with E-state index in [1.165, 1.54) is 20.7 Å². The Kier molecular flexibility index (Phi) is 2.12. The summed E-state index contributed by atoms with van der Waals surface area (Å²) in [4.78, 5) is 24.2. The van der Waals surface area contributed by atoms with Gasteiger partial charge in [0.1, 0.15) is 0 Å². The van der Waals surface area contributed by atoms with Crippen molar-refractivity contribution in [2.75, 3.05) is 0 Å². The Labute approximate surface area is 97.5 Å². The van der Waals surface area contributed by atoms with Gasteiger partial charge in [-0.1, -0.05) is 44.9 Å². The number of hydrogen-bond donors (Lipinski definition) is 0. The van der Waals surface area contributed by atoms with Crippen molar-refractivity contribution in [3.05, 3.63) is 65.9 Å². The predicted molar refractivity (Wildman–Crippen MR) is 67.5 cm³/mol. The van der Waals surface area contributed by atoms with Crippen molar-refractivity contribution in [3.8, 4) is 0 Å². The Morgan fingerprint density at radius 1 is 0.875 bits per heavy atom. The Morgan fingerprint density at radius 3 is 2.31 bits per heavy atom. The van der Waals surface area contributed by atoms with Crippen molar-refractivity contribution < 1.29 is 0 Å². The highest BCUT2D eigenvalue weighted by atomic mass is 32.9. The van der Waals surface area contributed by atoms with E-state index in [0.29, 0.717) is 20.5 Å². The third-order valence-electron chi connectivity index (χ3n) is 2.53. The van der Waals surface area contributed by atoms with Gasteiger partial charge < -0.3 is 0 Å². The maximum absolute atomic E-state index is 12.1. The molecular weight excluding hydrogens is 240 g/mol. The van der Waals surface area contributed by atoms with Gasteiger partial charge in [0.05, 0.1) is 4.53 Å². The van der Waals surface area contributed by atoms with Crippen LogP contribution in [0, 0.1) is 9.75 Å². The molecule has 78 valence electrons. The molecule has 1 heterocycles. The molecule has 0 N–H and O–H groups in total.